The maximum Gasteiger partial charge on any atom is 0.0923 e. The highest BCUT2D eigenvalue weighted by atomic mass is 32.2. The van der Waals surface area contributed by atoms with Gasteiger partial charge >= 0.3 is 0 Å². The normalized spacial score (nSPS) is 15.8. The summed E-state index contributed by atoms with van der Waals surface area (Å²) in [6.45, 7) is 5.22. The number of rotatable bonds is 7. The molecule has 1 atom stereocenters. The monoisotopic (exact) mass is 374 g/mol. The third-order valence-corrected chi connectivity index (χ3v) is 5.55. The van der Waals surface area contributed by atoms with Gasteiger partial charge in [-0.15, -0.1) is 11.8 Å². The number of nitrogens with zero attached hydrogens (tertiary/aromatic N) is 3. The highest BCUT2D eigenvalue weighted by Crippen LogP contribution is 2.26. The Balaban J connectivity index is 1.50. The van der Waals surface area contributed by atoms with Crippen LogP contribution in [-0.4, -0.2) is 31.9 Å². The van der Waals surface area contributed by atoms with Gasteiger partial charge in [0.15, 0.2) is 0 Å². The quantitative estimate of drug-likeness (QED) is 0.653. The van der Waals surface area contributed by atoms with Crippen LogP contribution in [0.2, 0.25) is 0 Å². The van der Waals surface area contributed by atoms with E-state index in [9.17, 15) is 0 Å². The van der Waals surface area contributed by atoms with Crippen LogP contribution in [0.1, 0.15) is 11.3 Å². The van der Waals surface area contributed by atoms with Gasteiger partial charge in [0.2, 0.25) is 0 Å². The average Bonchev–Trinajstić information content (AvgIpc) is 3.40. The van der Waals surface area contributed by atoms with Crippen molar-refractivity contribution in [3.05, 3.63) is 95.9 Å². The van der Waals surface area contributed by atoms with Crippen LogP contribution in [0.3, 0.4) is 0 Å². The van der Waals surface area contributed by atoms with E-state index in [1.54, 1.807) is 0 Å². The molecule has 4 nitrogen and oxygen atoms in total. The van der Waals surface area contributed by atoms with Gasteiger partial charge in [-0.05, 0) is 29.2 Å². The molecule has 0 spiro atoms. The van der Waals surface area contributed by atoms with Crippen LogP contribution in [0, 0.1) is 0 Å². The van der Waals surface area contributed by atoms with E-state index in [1.165, 1.54) is 5.56 Å². The summed E-state index contributed by atoms with van der Waals surface area (Å²) in [5, 5.41) is 9.82. The van der Waals surface area contributed by atoms with Crippen LogP contribution in [0.15, 0.2) is 84.7 Å². The van der Waals surface area contributed by atoms with Gasteiger partial charge in [0, 0.05) is 48.1 Å². The number of nitrogens with one attached hydrogen (secondary N) is 1. The third-order valence-electron chi connectivity index (χ3n) is 4.67. The standard InChI is InChI=1S/C22H22N4S/c1-17(13-20-14-22(25-24-20)19-5-3-2-4-6-19)26(21-9-12-27-16-21)15-18-7-10-23-11-8-18/h2-12,14,21H,1,13,15-16H2,(H,24,25). The molecule has 0 amide bonds. The molecule has 1 N–H and O–H groups in total. The van der Waals surface area contributed by atoms with Gasteiger partial charge in [-0.2, -0.15) is 5.10 Å². The lowest BCUT2D eigenvalue weighted by atomic mass is 10.1. The lowest BCUT2D eigenvalue weighted by Gasteiger charge is -2.31. The van der Waals surface area contributed by atoms with Gasteiger partial charge in [0.1, 0.15) is 0 Å². The molecule has 1 aliphatic rings. The molecule has 3 aromatic rings. The van der Waals surface area contributed by atoms with Gasteiger partial charge in [-0.3, -0.25) is 10.1 Å². The summed E-state index contributed by atoms with van der Waals surface area (Å²) in [6.07, 6.45) is 6.70. The SMILES string of the molecule is C=C(Cc1cc(-c2ccccc2)n[nH]1)N(Cc1ccncc1)C1C=CSC1. The average molecular weight is 375 g/mol. The number of hydrogen-bond donors (Lipinski definition) is 1. The Bertz CT molecular complexity index is 918. The summed E-state index contributed by atoms with van der Waals surface area (Å²) in [7, 11) is 0. The molecular weight excluding hydrogens is 352 g/mol. The van der Waals surface area contributed by atoms with Gasteiger partial charge < -0.3 is 4.90 Å². The molecule has 0 aliphatic carbocycles. The first-order chi connectivity index (χ1) is 13.3. The second-order valence-electron chi connectivity index (χ2n) is 6.60. The van der Waals surface area contributed by atoms with Crippen LogP contribution in [0.5, 0.6) is 0 Å². The predicted molar refractivity (Wildman–Crippen MR) is 112 cm³/mol. The van der Waals surface area contributed by atoms with Gasteiger partial charge in [-0.25, -0.2) is 0 Å². The van der Waals surface area contributed by atoms with Crippen molar-refractivity contribution in [3.63, 3.8) is 0 Å². The topological polar surface area (TPSA) is 44.8 Å². The lowest BCUT2D eigenvalue weighted by molar-refractivity contribution is 0.298. The summed E-state index contributed by atoms with van der Waals surface area (Å²) < 4.78 is 0. The highest BCUT2D eigenvalue weighted by Gasteiger charge is 2.21. The highest BCUT2D eigenvalue weighted by molar-refractivity contribution is 8.02. The van der Waals surface area contributed by atoms with Crippen molar-refractivity contribution in [2.75, 3.05) is 5.75 Å². The Morgan fingerprint density at radius 3 is 2.74 bits per heavy atom. The van der Waals surface area contributed by atoms with Crippen molar-refractivity contribution in [1.29, 1.82) is 0 Å². The van der Waals surface area contributed by atoms with Crippen LogP contribution in [-0.2, 0) is 13.0 Å². The van der Waals surface area contributed by atoms with E-state index in [2.05, 4.69) is 68.5 Å². The second-order valence-corrected chi connectivity index (χ2v) is 7.54. The first kappa shape index (κ1) is 17.6. The van der Waals surface area contributed by atoms with Crippen molar-refractivity contribution in [1.82, 2.24) is 20.1 Å². The Labute approximate surface area is 164 Å². The Morgan fingerprint density at radius 1 is 1.19 bits per heavy atom. The number of thioether (sulfide) groups is 1. The fourth-order valence-corrected chi connectivity index (χ4v) is 4.12. The number of pyridine rings is 1. The molecule has 0 bridgehead atoms. The zero-order valence-electron chi connectivity index (χ0n) is 15.1. The molecule has 5 heteroatoms. The third kappa shape index (κ3) is 4.31. The smallest absolute Gasteiger partial charge is 0.0923 e. The summed E-state index contributed by atoms with van der Waals surface area (Å²) in [5.41, 5.74) is 5.50. The number of hydrogen-bond acceptors (Lipinski definition) is 4. The van der Waals surface area contributed by atoms with Crippen molar-refractivity contribution in [2.45, 2.75) is 19.0 Å². The Kier molecular flexibility index (Phi) is 5.39. The Morgan fingerprint density at radius 2 is 2.00 bits per heavy atom. The molecule has 2 aromatic heterocycles. The fourth-order valence-electron chi connectivity index (χ4n) is 3.23. The van der Waals surface area contributed by atoms with Crippen LogP contribution < -0.4 is 0 Å². The molecule has 4 rings (SSSR count). The fraction of sp³-hybridized carbons (Fsp3) is 0.182. The van der Waals surface area contributed by atoms with Crippen molar-refractivity contribution < 1.29 is 0 Å². The first-order valence-electron chi connectivity index (χ1n) is 9.01. The minimum absolute atomic E-state index is 0.368. The van der Waals surface area contributed by atoms with Gasteiger partial charge in [0.25, 0.3) is 0 Å². The molecule has 1 aromatic carbocycles. The largest absolute Gasteiger partial charge is 0.363 e. The van der Waals surface area contributed by atoms with E-state index < -0.39 is 0 Å². The molecular formula is C22H22N4S. The molecule has 136 valence electrons. The molecule has 1 aliphatic heterocycles. The van der Waals surface area contributed by atoms with E-state index >= 15 is 0 Å². The van der Waals surface area contributed by atoms with Crippen molar-refractivity contribution in [3.8, 4) is 11.3 Å². The number of aromatic nitrogens is 3. The number of allylic oxidation sites excluding steroid dienone is 1. The van der Waals surface area contributed by atoms with E-state index in [1.807, 2.05) is 42.4 Å². The van der Waals surface area contributed by atoms with Crippen LogP contribution in [0.4, 0.5) is 0 Å². The Hall–Kier alpha value is -2.79. The molecule has 1 unspecified atom stereocenters. The van der Waals surface area contributed by atoms with Gasteiger partial charge in [0.05, 0.1) is 11.7 Å². The zero-order chi connectivity index (χ0) is 18.5. The van der Waals surface area contributed by atoms with Crippen molar-refractivity contribution >= 4 is 11.8 Å². The second kappa shape index (κ2) is 8.27. The zero-order valence-corrected chi connectivity index (χ0v) is 15.9. The first-order valence-corrected chi connectivity index (χ1v) is 10.1. The van der Waals surface area contributed by atoms with Crippen molar-refractivity contribution in [2.24, 2.45) is 0 Å². The minimum atomic E-state index is 0.368. The number of H-pyrrole nitrogens is 1. The molecule has 3 heterocycles. The lowest BCUT2D eigenvalue weighted by Crippen LogP contribution is -2.33. The molecule has 0 radical (unpaired) electrons. The maximum absolute atomic E-state index is 4.47. The van der Waals surface area contributed by atoms with Crippen LogP contribution in [0.25, 0.3) is 11.3 Å². The number of benzene rings is 1. The summed E-state index contributed by atoms with van der Waals surface area (Å²) >= 11 is 1.85. The predicted octanol–water partition coefficient (Wildman–Crippen LogP) is 4.66. The molecule has 0 fully saturated rings. The van der Waals surface area contributed by atoms with Crippen LogP contribution >= 0.6 is 11.8 Å². The van der Waals surface area contributed by atoms with Gasteiger partial charge in [-0.1, -0.05) is 43.0 Å². The number of aromatic amines is 1. The summed E-state index contributed by atoms with van der Waals surface area (Å²) in [6, 6.07) is 16.8. The summed E-state index contributed by atoms with van der Waals surface area (Å²) in [4.78, 5) is 6.51. The minimum Gasteiger partial charge on any atom is -0.363 e. The van der Waals surface area contributed by atoms with E-state index in [-0.39, 0.29) is 0 Å². The van der Waals surface area contributed by atoms with E-state index in [0.29, 0.717) is 6.04 Å². The van der Waals surface area contributed by atoms with E-state index in [0.717, 1.165) is 41.4 Å². The molecule has 0 saturated heterocycles. The molecule has 27 heavy (non-hydrogen) atoms. The van der Waals surface area contributed by atoms with E-state index in [4.69, 9.17) is 0 Å². The summed E-state index contributed by atoms with van der Waals surface area (Å²) in [5.74, 6) is 1.06. The molecule has 0 saturated carbocycles. The maximum atomic E-state index is 4.47.